The van der Waals surface area contributed by atoms with E-state index in [0.29, 0.717) is 17.3 Å². The molecule has 0 spiro atoms. The second kappa shape index (κ2) is 6.32. The van der Waals surface area contributed by atoms with Crippen molar-refractivity contribution in [3.8, 4) is 0 Å². The highest BCUT2D eigenvalue weighted by molar-refractivity contribution is 5.20. The SMILES string of the molecule is CC(C)OCC(C)(N)c1noc(Cc2ccccc2F)n1. The van der Waals surface area contributed by atoms with E-state index in [0.717, 1.165) is 0 Å². The first-order valence-corrected chi connectivity index (χ1v) is 6.85. The van der Waals surface area contributed by atoms with Gasteiger partial charge >= 0.3 is 0 Å². The maximum atomic E-state index is 13.6. The van der Waals surface area contributed by atoms with Crippen molar-refractivity contribution in [2.45, 2.75) is 38.8 Å². The third-order valence-corrected chi connectivity index (χ3v) is 2.99. The van der Waals surface area contributed by atoms with Gasteiger partial charge in [-0.1, -0.05) is 23.4 Å². The first-order chi connectivity index (χ1) is 9.88. The number of rotatable bonds is 6. The van der Waals surface area contributed by atoms with Gasteiger partial charge in [-0.2, -0.15) is 4.98 Å². The molecule has 1 heterocycles. The molecule has 0 saturated heterocycles. The molecule has 0 aliphatic rings. The van der Waals surface area contributed by atoms with E-state index in [1.165, 1.54) is 6.07 Å². The first-order valence-electron chi connectivity index (χ1n) is 6.85. The molecule has 0 radical (unpaired) electrons. The van der Waals surface area contributed by atoms with Gasteiger partial charge < -0.3 is 15.0 Å². The Balaban J connectivity index is 2.09. The van der Waals surface area contributed by atoms with Crippen LogP contribution in [0.15, 0.2) is 28.8 Å². The summed E-state index contributed by atoms with van der Waals surface area (Å²) in [6.07, 6.45) is 0.304. The third kappa shape index (κ3) is 4.09. The standard InChI is InChI=1S/C15H20FN3O2/c1-10(2)20-9-15(3,17)14-18-13(21-19-14)8-11-6-4-5-7-12(11)16/h4-7,10H,8-9,17H2,1-3H3. The lowest BCUT2D eigenvalue weighted by Gasteiger charge is -2.21. The third-order valence-electron chi connectivity index (χ3n) is 2.99. The normalized spacial score (nSPS) is 14.4. The maximum absolute atomic E-state index is 13.6. The van der Waals surface area contributed by atoms with Gasteiger partial charge in [0.15, 0.2) is 5.82 Å². The Bertz CT molecular complexity index is 596. The van der Waals surface area contributed by atoms with E-state index in [2.05, 4.69) is 10.1 Å². The van der Waals surface area contributed by atoms with Crippen LogP contribution in [0, 0.1) is 5.82 Å². The molecule has 2 aromatic rings. The lowest BCUT2D eigenvalue weighted by atomic mass is 10.1. The molecule has 6 heteroatoms. The van der Waals surface area contributed by atoms with E-state index in [4.69, 9.17) is 15.0 Å². The predicted octanol–water partition coefficient (Wildman–Crippen LogP) is 2.40. The molecule has 114 valence electrons. The average molecular weight is 293 g/mol. The van der Waals surface area contributed by atoms with Crippen molar-refractivity contribution in [1.82, 2.24) is 10.1 Å². The number of nitrogens with zero attached hydrogens (tertiary/aromatic N) is 2. The molecule has 21 heavy (non-hydrogen) atoms. The largest absolute Gasteiger partial charge is 0.376 e. The minimum Gasteiger partial charge on any atom is -0.376 e. The quantitative estimate of drug-likeness (QED) is 0.885. The Hall–Kier alpha value is -1.79. The zero-order valence-corrected chi connectivity index (χ0v) is 12.5. The van der Waals surface area contributed by atoms with E-state index in [1.807, 2.05) is 13.8 Å². The average Bonchev–Trinajstić information content (AvgIpc) is 2.89. The first kappa shape index (κ1) is 15.6. The fourth-order valence-corrected chi connectivity index (χ4v) is 1.77. The molecular formula is C15H20FN3O2. The molecule has 0 fully saturated rings. The molecule has 0 aliphatic heterocycles. The zero-order chi connectivity index (χ0) is 15.5. The summed E-state index contributed by atoms with van der Waals surface area (Å²) in [5, 5.41) is 3.88. The molecule has 2 N–H and O–H groups in total. The van der Waals surface area contributed by atoms with Crippen LogP contribution in [0.25, 0.3) is 0 Å². The van der Waals surface area contributed by atoms with Gasteiger partial charge in [-0.05, 0) is 32.4 Å². The Morgan fingerprint density at radius 2 is 2.10 bits per heavy atom. The van der Waals surface area contributed by atoms with Crippen LogP contribution in [-0.4, -0.2) is 22.9 Å². The smallest absolute Gasteiger partial charge is 0.231 e. The number of aromatic nitrogens is 2. The van der Waals surface area contributed by atoms with Gasteiger partial charge in [-0.15, -0.1) is 0 Å². The molecule has 0 saturated carbocycles. The molecule has 0 amide bonds. The number of halogens is 1. The fraction of sp³-hybridized carbons (Fsp3) is 0.467. The number of hydrogen-bond acceptors (Lipinski definition) is 5. The monoisotopic (exact) mass is 293 g/mol. The molecule has 1 aromatic carbocycles. The Labute approximate surface area is 123 Å². The van der Waals surface area contributed by atoms with E-state index in [1.54, 1.807) is 25.1 Å². The van der Waals surface area contributed by atoms with Crippen molar-refractivity contribution in [3.63, 3.8) is 0 Å². The number of nitrogens with two attached hydrogens (primary N) is 1. The zero-order valence-electron chi connectivity index (χ0n) is 12.5. The molecular weight excluding hydrogens is 273 g/mol. The van der Waals surface area contributed by atoms with Gasteiger partial charge in [0.05, 0.1) is 19.1 Å². The molecule has 1 aromatic heterocycles. The van der Waals surface area contributed by atoms with E-state index in [9.17, 15) is 4.39 Å². The summed E-state index contributed by atoms with van der Waals surface area (Å²) < 4.78 is 24.2. The summed E-state index contributed by atoms with van der Waals surface area (Å²) in [5.41, 5.74) is 5.80. The van der Waals surface area contributed by atoms with Crippen molar-refractivity contribution in [2.75, 3.05) is 6.61 Å². The number of benzene rings is 1. The predicted molar refractivity (Wildman–Crippen MR) is 76.1 cm³/mol. The van der Waals surface area contributed by atoms with Gasteiger partial charge in [0.2, 0.25) is 5.89 Å². The van der Waals surface area contributed by atoms with Crippen LogP contribution in [0.4, 0.5) is 4.39 Å². The van der Waals surface area contributed by atoms with Crippen molar-refractivity contribution in [1.29, 1.82) is 0 Å². The molecule has 0 aliphatic carbocycles. The molecule has 5 nitrogen and oxygen atoms in total. The van der Waals surface area contributed by atoms with Crippen LogP contribution < -0.4 is 5.73 Å². The van der Waals surface area contributed by atoms with Crippen molar-refractivity contribution in [2.24, 2.45) is 5.73 Å². The van der Waals surface area contributed by atoms with E-state index >= 15 is 0 Å². The molecule has 0 bridgehead atoms. The lowest BCUT2D eigenvalue weighted by molar-refractivity contribution is 0.0410. The summed E-state index contributed by atoms with van der Waals surface area (Å²) in [6.45, 7) is 5.91. The summed E-state index contributed by atoms with van der Waals surface area (Å²) in [4.78, 5) is 4.25. The van der Waals surface area contributed by atoms with Crippen molar-refractivity contribution >= 4 is 0 Å². The maximum Gasteiger partial charge on any atom is 0.231 e. The van der Waals surface area contributed by atoms with Gasteiger partial charge in [-0.25, -0.2) is 4.39 Å². The van der Waals surface area contributed by atoms with Crippen LogP contribution >= 0.6 is 0 Å². The Morgan fingerprint density at radius 1 is 1.38 bits per heavy atom. The van der Waals surface area contributed by atoms with Crippen LogP contribution in [0.3, 0.4) is 0 Å². The summed E-state index contributed by atoms with van der Waals surface area (Å²) in [7, 11) is 0. The van der Waals surface area contributed by atoms with Gasteiger partial charge in [0, 0.05) is 0 Å². The summed E-state index contributed by atoms with van der Waals surface area (Å²) >= 11 is 0. The van der Waals surface area contributed by atoms with Crippen LogP contribution in [0.2, 0.25) is 0 Å². The van der Waals surface area contributed by atoms with Gasteiger partial charge in [-0.3, -0.25) is 0 Å². The minimum atomic E-state index is -0.846. The Morgan fingerprint density at radius 3 is 2.76 bits per heavy atom. The molecule has 1 unspecified atom stereocenters. The summed E-state index contributed by atoms with van der Waals surface area (Å²) in [6, 6.07) is 6.48. The van der Waals surface area contributed by atoms with Crippen molar-refractivity contribution < 1.29 is 13.7 Å². The summed E-state index contributed by atoms with van der Waals surface area (Å²) in [5.74, 6) is 0.390. The van der Waals surface area contributed by atoms with Crippen LogP contribution in [-0.2, 0) is 16.7 Å². The highest BCUT2D eigenvalue weighted by atomic mass is 19.1. The fourth-order valence-electron chi connectivity index (χ4n) is 1.77. The van der Waals surface area contributed by atoms with Crippen molar-refractivity contribution in [3.05, 3.63) is 47.4 Å². The van der Waals surface area contributed by atoms with Crippen LogP contribution in [0.5, 0.6) is 0 Å². The lowest BCUT2D eigenvalue weighted by Crippen LogP contribution is -2.40. The highest BCUT2D eigenvalue weighted by Gasteiger charge is 2.28. The number of ether oxygens (including phenoxy) is 1. The second-order valence-corrected chi connectivity index (χ2v) is 5.56. The molecule has 2 rings (SSSR count). The van der Waals surface area contributed by atoms with Gasteiger partial charge in [0.1, 0.15) is 11.4 Å². The number of hydrogen-bond donors (Lipinski definition) is 1. The second-order valence-electron chi connectivity index (χ2n) is 5.56. The molecule has 1 atom stereocenters. The minimum absolute atomic E-state index is 0.0673. The van der Waals surface area contributed by atoms with Crippen LogP contribution in [0.1, 0.15) is 38.0 Å². The van der Waals surface area contributed by atoms with Gasteiger partial charge in [0.25, 0.3) is 0 Å². The van der Waals surface area contributed by atoms with E-state index < -0.39 is 5.54 Å². The Kier molecular flexibility index (Phi) is 4.69. The topological polar surface area (TPSA) is 74.2 Å². The van der Waals surface area contributed by atoms with E-state index in [-0.39, 0.29) is 24.9 Å². The highest BCUT2D eigenvalue weighted by Crippen LogP contribution is 2.18.